The molecule has 2 N–H and O–H groups in total. The molecule has 0 saturated heterocycles. The van der Waals surface area contributed by atoms with Crippen molar-refractivity contribution < 1.29 is 14.7 Å². The van der Waals surface area contributed by atoms with Crippen molar-refractivity contribution in [1.29, 1.82) is 0 Å². The number of pyridine rings is 1. The number of carbonyl (C=O) groups is 2. The number of nitrogens with zero attached hydrogens (tertiary/aromatic N) is 1. The number of aromatic nitrogens is 1. The second-order valence-electron chi connectivity index (χ2n) is 10.6. The number of aliphatic carboxylic acids is 1. The van der Waals surface area contributed by atoms with Gasteiger partial charge in [-0.3, -0.25) is 14.6 Å². The van der Waals surface area contributed by atoms with E-state index in [-0.39, 0.29) is 17.7 Å². The number of benzene rings is 3. The smallest absolute Gasteiger partial charge is 0.310 e. The summed E-state index contributed by atoms with van der Waals surface area (Å²) in [5, 5.41) is 14.3. The molecule has 6 heteroatoms. The van der Waals surface area contributed by atoms with Crippen molar-refractivity contribution in [3.63, 3.8) is 0 Å². The van der Waals surface area contributed by atoms with E-state index in [2.05, 4.69) is 34.6 Å². The highest BCUT2D eigenvalue weighted by atomic mass is 35.5. The van der Waals surface area contributed by atoms with Crippen molar-refractivity contribution in [3.05, 3.63) is 107 Å². The molecule has 2 atom stereocenters. The normalized spacial score (nSPS) is 18.8. The Hall–Kier alpha value is -3.70. The number of hydrogen-bond donors (Lipinski definition) is 2. The Morgan fingerprint density at radius 3 is 2.33 bits per heavy atom. The third kappa shape index (κ3) is 6.31. The lowest BCUT2D eigenvalue weighted by molar-refractivity contribution is -0.138. The molecular formula is C33H33ClN2O3. The Kier molecular flexibility index (Phi) is 8.27. The molecule has 5 nitrogen and oxygen atoms in total. The average Bonchev–Trinajstić information content (AvgIpc) is 2.97. The lowest BCUT2D eigenvalue weighted by Crippen LogP contribution is -2.33. The van der Waals surface area contributed by atoms with E-state index in [9.17, 15) is 14.7 Å². The van der Waals surface area contributed by atoms with Crippen LogP contribution >= 0.6 is 11.6 Å². The topological polar surface area (TPSA) is 79.3 Å². The molecule has 1 aliphatic rings. The quantitative estimate of drug-likeness (QED) is 0.238. The first-order valence-electron chi connectivity index (χ1n) is 13.6. The molecular weight excluding hydrogens is 508 g/mol. The molecule has 39 heavy (non-hydrogen) atoms. The molecule has 1 saturated carbocycles. The van der Waals surface area contributed by atoms with Gasteiger partial charge in [-0.1, -0.05) is 54.1 Å². The van der Waals surface area contributed by atoms with E-state index >= 15 is 0 Å². The fourth-order valence-electron chi connectivity index (χ4n) is 5.89. The molecule has 5 rings (SSSR count). The van der Waals surface area contributed by atoms with Crippen LogP contribution in [-0.4, -0.2) is 22.0 Å². The van der Waals surface area contributed by atoms with E-state index in [0.717, 1.165) is 48.0 Å². The number of carboxylic acids is 1. The molecule has 1 aliphatic carbocycles. The van der Waals surface area contributed by atoms with E-state index in [1.165, 1.54) is 10.9 Å². The van der Waals surface area contributed by atoms with Gasteiger partial charge in [0.05, 0.1) is 11.4 Å². The van der Waals surface area contributed by atoms with Crippen LogP contribution in [0.25, 0.3) is 10.9 Å². The summed E-state index contributed by atoms with van der Waals surface area (Å²) in [5.41, 5.74) is 4.91. The van der Waals surface area contributed by atoms with Crippen molar-refractivity contribution in [1.82, 2.24) is 4.98 Å². The number of rotatable bonds is 8. The molecule has 0 aliphatic heterocycles. The molecule has 0 radical (unpaired) electrons. The minimum Gasteiger partial charge on any atom is -0.481 e. The SMILES string of the molecule is C[C@@H](C(=O)O)c1ccc(CC(C(=O)Nc2ccc(Cl)cc2)[C@H]2CC[C@@H](c3ccnc4ccccc43)CC2)cc1. The number of para-hydroxylation sites is 1. The van der Waals surface area contributed by atoms with Gasteiger partial charge >= 0.3 is 5.97 Å². The summed E-state index contributed by atoms with van der Waals surface area (Å²) < 4.78 is 0. The molecule has 200 valence electrons. The van der Waals surface area contributed by atoms with E-state index in [4.69, 9.17) is 11.6 Å². The summed E-state index contributed by atoms with van der Waals surface area (Å²) in [5.74, 6) is -0.897. The highest BCUT2D eigenvalue weighted by molar-refractivity contribution is 6.30. The summed E-state index contributed by atoms with van der Waals surface area (Å²) in [6.07, 6.45) is 6.49. The van der Waals surface area contributed by atoms with Gasteiger partial charge in [-0.05, 0) is 104 Å². The van der Waals surface area contributed by atoms with E-state index in [0.29, 0.717) is 17.4 Å². The van der Waals surface area contributed by atoms with Gasteiger partial charge in [-0.25, -0.2) is 0 Å². The summed E-state index contributed by atoms with van der Waals surface area (Å²) in [6.45, 7) is 1.68. The van der Waals surface area contributed by atoms with Crippen LogP contribution in [0.4, 0.5) is 5.69 Å². The molecule has 4 aromatic rings. The van der Waals surface area contributed by atoms with Gasteiger partial charge in [0, 0.05) is 28.2 Å². The van der Waals surface area contributed by atoms with Crippen molar-refractivity contribution in [2.45, 2.75) is 50.9 Å². The van der Waals surface area contributed by atoms with Crippen LogP contribution in [0, 0.1) is 11.8 Å². The monoisotopic (exact) mass is 540 g/mol. The zero-order valence-electron chi connectivity index (χ0n) is 22.0. The van der Waals surface area contributed by atoms with Gasteiger partial charge < -0.3 is 10.4 Å². The van der Waals surface area contributed by atoms with Crippen LogP contribution in [0.1, 0.15) is 61.1 Å². The van der Waals surface area contributed by atoms with Gasteiger partial charge in [0.2, 0.25) is 5.91 Å². The van der Waals surface area contributed by atoms with E-state index in [1.807, 2.05) is 48.7 Å². The lowest BCUT2D eigenvalue weighted by Gasteiger charge is -2.34. The second-order valence-corrected chi connectivity index (χ2v) is 11.1. The van der Waals surface area contributed by atoms with E-state index in [1.54, 1.807) is 19.1 Å². The Labute approximate surface area is 234 Å². The maximum atomic E-state index is 13.7. The zero-order valence-corrected chi connectivity index (χ0v) is 22.8. The summed E-state index contributed by atoms with van der Waals surface area (Å²) in [7, 11) is 0. The summed E-state index contributed by atoms with van der Waals surface area (Å²) in [4.78, 5) is 29.6. The first-order chi connectivity index (χ1) is 18.9. The number of carboxylic acid groups (broad SMARTS) is 1. The van der Waals surface area contributed by atoms with Gasteiger partial charge in [-0.15, -0.1) is 0 Å². The minimum absolute atomic E-state index is 0.0121. The maximum absolute atomic E-state index is 13.7. The molecule has 3 aromatic carbocycles. The largest absolute Gasteiger partial charge is 0.481 e. The highest BCUT2D eigenvalue weighted by Crippen LogP contribution is 2.41. The fraction of sp³-hybridized carbons (Fsp3) is 0.303. The standard InChI is InChI=1S/C33H33ClN2O3/c1-21(33(38)39)23-8-6-22(7-9-23)20-30(32(37)36-27-16-14-26(34)15-17-27)25-12-10-24(11-13-25)28-18-19-35-31-5-3-2-4-29(28)31/h2-9,14-19,21,24-25,30H,10-13,20H2,1H3,(H,36,37)(H,38,39)/t21-,24-,25+,30?/m1/s1. The maximum Gasteiger partial charge on any atom is 0.310 e. The van der Waals surface area contributed by atoms with Crippen LogP contribution < -0.4 is 5.32 Å². The van der Waals surface area contributed by atoms with Gasteiger partial charge in [-0.2, -0.15) is 0 Å². The molecule has 0 spiro atoms. The highest BCUT2D eigenvalue weighted by Gasteiger charge is 2.33. The van der Waals surface area contributed by atoms with Crippen molar-refractivity contribution in [2.75, 3.05) is 5.32 Å². The number of halogens is 1. The third-order valence-electron chi connectivity index (χ3n) is 8.22. The average molecular weight is 541 g/mol. The number of nitrogens with one attached hydrogen (secondary N) is 1. The summed E-state index contributed by atoms with van der Waals surface area (Å²) in [6, 6.07) is 25.3. The first kappa shape index (κ1) is 26.9. The van der Waals surface area contributed by atoms with E-state index < -0.39 is 11.9 Å². The van der Waals surface area contributed by atoms with Gasteiger partial charge in [0.25, 0.3) is 0 Å². The number of carbonyl (C=O) groups excluding carboxylic acids is 1. The number of amides is 1. The Morgan fingerprint density at radius 2 is 1.64 bits per heavy atom. The van der Waals surface area contributed by atoms with Gasteiger partial charge in [0.15, 0.2) is 0 Å². The predicted molar refractivity (Wildman–Crippen MR) is 156 cm³/mol. The third-order valence-corrected chi connectivity index (χ3v) is 8.47. The second kappa shape index (κ2) is 12.0. The fourth-order valence-corrected chi connectivity index (χ4v) is 6.01. The Morgan fingerprint density at radius 1 is 0.949 bits per heavy atom. The van der Waals surface area contributed by atoms with Crippen molar-refractivity contribution in [2.24, 2.45) is 11.8 Å². The Bertz CT molecular complexity index is 1440. The van der Waals surface area contributed by atoms with Crippen LogP contribution in [0.5, 0.6) is 0 Å². The molecule has 0 bridgehead atoms. The summed E-state index contributed by atoms with van der Waals surface area (Å²) >= 11 is 6.04. The Balaban J connectivity index is 1.34. The predicted octanol–water partition coefficient (Wildman–Crippen LogP) is 7.85. The number of anilines is 1. The number of hydrogen-bond acceptors (Lipinski definition) is 3. The molecule has 1 heterocycles. The van der Waals surface area contributed by atoms with Crippen LogP contribution in [0.3, 0.4) is 0 Å². The zero-order chi connectivity index (χ0) is 27.4. The van der Waals surface area contributed by atoms with Crippen LogP contribution in [0.15, 0.2) is 85.1 Å². The van der Waals surface area contributed by atoms with Crippen molar-refractivity contribution in [3.8, 4) is 0 Å². The van der Waals surface area contributed by atoms with Gasteiger partial charge in [0.1, 0.15) is 0 Å². The molecule has 1 fully saturated rings. The van der Waals surface area contributed by atoms with Crippen LogP contribution in [0.2, 0.25) is 5.02 Å². The first-order valence-corrected chi connectivity index (χ1v) is 14.0. The molecule has 1 unspecified atom stereocenters. The molecule has 1 aromatic heterocycles. The minimum atomic E-state index is -0.846. The van der Waals surface area contributed by atoms with Crippen molar-refractivity contribution >= 4 is 40.1 Å². The van der Waals surface area contributed by atoms with Crippen LogP contribution in [-0.2, 0) is 16.0 Å². The lowest BCUT2D eigenvalue weighted by atomic mass is 9.71. The molecule has 1 amide bonds. The number of fused-ring (bicyclic) bond motifs is 1.